The molecule has 0 amide bonds. The zero-order chi connectivity index (χ0) is 34.8. The van der Waals surface area contributed by atoms with Crippen LogP contribution in [0.2, 0.25) is 15.1 Å². The van der Waals surface area contributed by atoms with Crippen LogP contribution < -0.4 is 10.4 Å². The average molecular weight is 762 g/mol. The fourth-order valence-corrected chi connectivity index (χ4v) is 6.11. The van der Waals surface area contributed by atoms with Gasteiger partial charge in [-0.15, -0.1) is 16.7 Å². The summed E-state index contributed by atoms with van der Waals surface area (Å²) in [5, 5.41) is 27.8. The molecular formula is C32H29Cl4N9O3S. The Hall–Kier alpha value is -3.98. The molecule has 1 fully saturated rings. The Morgan fingerprint density at radius 3 is 2.39 bits per heavy atom. The van der Waals surface area contributed by atoms with Gasteiger partial charge in [-0.2, -0.15) is 9.36 Å². The normalized spacial score (nSPS) is 14.5. The molecule has 49 heavy (non-hydrogen) atoms. The van der Waals surface area contributed by atoms with Crippen LogP contribution in [0, 0.1) is 4.77 Å². The minimum atomic E-state index is -1.13. The van der Waals surface area contributed by atoms with E-state index >= 15 is 0 Å². The molecule has 0 spiro atoms. The fourth-order valence-electron chi connectivity index (χ4n) is 5.16. The fraction of sp³-hybridized carbons (Fsp3) is 0.250. The lowest BCUT2D eigenvalue weighted by Gasteiger charge is -2.33. The third kappa shape index (κ3) is 7.77. The molecule has 3 aromatic heterocycles. The summed E-state index contributed by atoms with van der Waals surface area (Å²) < 4.78 is 11.8. The Morgan fingerprint density at radius 2 is 1.73 bits per heavy atom. The molecule has 3 aromatic carbocycles. The number of nitrogens with zero attached hydrogens (tertiary/aromatic N) is 8. The molecule has 0 aliphatic heterocycles. The first-order valence-electron chi connectivity index (χ1n) is 14.9. The number of aliphatic hydroxyl groups is 1. The molecule has 0 bridgehead atoms. The van der Waals surface area contributed by atoms with E-state index in [2.05, 4.69) is 25.6 Å². The largest absolute Gasteiger partial charge is 0.472 e. The number of nitrogens with one attached hydrogen (secondary N) is 1. The number of aryl methyl sites for hydroxylation is 1. The van der Waals surface area contributed by atoms with Crippen LogP contribution in [0.5, 0.6) is 5.88 Å². The molecule has 0 radical (unpaired) electrons. The van der Waals surface area contributed by atoms with Gasteiger partial charge in [0.2, 0.25) is 10.7 Å². The van der Waals surface area contributed by atoms with Gasteiger partial charge in [0.05, 0.1) is 22.8 Å². The Morgan fingerprint density at radius 1 is 1.00 bits per heavy atom. The number of aromatic amines is 1. The van der Waals surface area contributed by atoms with Gasteiger partial charge in [-0.25, -0.2) is 14.5 Å². The van der Waals surface area contributed by atoms with Gasteiger partial charge in [0.25, 0.3) is 0 Å². The number of aromatic nitrogens is 9. The van der Waals surface area contributed by atoms with Gasteiger partial charge in [0.15, 0.2) is 0 Å². The third-order valence-corrected chi connectivity index (χ3v) is 10.1. The molecule has 6 aromatic rings. The second kappa shape index (κ2) is 14.5. The van der Waals surface area contributed by atoms with Crippen molar-refractivity contribution in [1.29, 1.82) is 0 Å². The Balaban J connectivity index is 0.000000177. The molecule has 1 unspecified atom stereocenters. The van der Waals surface area contributed by atoms with Crippen molar-refractivity contribution < 1.29 is 9.84 Å². The molecule has 12 nitrogen and oxygen atoms in total. The van der Waals surface area contributed by atoms with Crippen molar-refractivity contribution in [2.75, 3.05) is 0 Å². The number of H-pyrrole nitrogens is 1. The number of hydrogen-bond acceptors (Lipinski definition) is 8. The first kappa shape index (κ1) is 34.9. The maximum absolute atomic E-state index is 12.2. The minimum absolute atomic E-state index is 0.107. The maximum Gasteiger partial charge on any atom is 0.368 e. The van der Waals surface area contributed by atoms with Gasteiger partial charge in [-0.3, -0.25) is 9.78 Å². The standard InChI is InChI=1S/C18H14Cl2N6O2.C14H15Cl2N3OS/c1-24-18(27)26(23-22-24)16-4-2-3-15(20)14(16)11-28-17-9-10-25(21-17)13-7-5-12(19)6-8-13;15-11-4-2-1-3-10(11)7-14(20,13(16)5-6-13)8-19-12(21)17-9-18-19/h2-10H,11H2,1H3;1-4,9,20H,5-8H2,(H,17,18,21). The summed E-state index contributed by atoms with van der Waals surface area (Å²) in [4.78, 5) is 15.5. The number of halogens is 4. The average Bonchev–Trinajstić information content (AvgIpc) is 3.34. The molecule has 0 saturated heterocycles. The molecular weight excluding hydrogens is 732 g/mol. The minimum Gasteiger partial charge on any atom is -0.472 e. The highest BCUT2D eigenvalue weighted by Gasteiger charge is 2.58. The van der Waals surface area contributed by atoms with E-state index in [4.69, 9.17) is 63.4 Å². The summed E-state index contributed by atoms with van der Waals surface area (Å²) in [5.41, 5.74) is 1.32. The maximum atomic E-state index is 12.2. The van der Waals surface area contributed by atoms with Crippen LogP contribution in [0.25, 0.3) is 11.4 Å². The first-order valence-corrected chi connectivity index (χ1v) is 16.8. The molecule has 7 rings (SSSR count). The zero-order valence-corrected chi connectivity index (χ0v) is 29.7. The summed E-state index contributed by atoms with van der Waals surface area (Å²) in [5.74, 6) is 0.410. The predicted molar refractivity (Wildman–Crippen MR) is 190 cm³/mol. The molecule has 1 saturated carbocycles. The molecule has 3 heterocycles. The first-order chi connectivity index (χ1) is 23.5. The topological polar surface area (TPSA) is 134 Å². The van der Waals surface area contributed by atoms with Crippen molar-refractivity contribution in [2.24, 2.45) is 7.05 Å². The molecule has 1 aliphatic carbocycles. The van der Waals surface area contributed by atoms with Crippen LogP contribution in [0.1, 0.15) is 24.0 Å². The van der Waals surface area contributed by atoms with Gasteiger partial charge in [0.1, 0.15) is 18.5 Å². The van der Waals surface area contributed by atoms with Crippen molar-refractivity contribution in [2.45, 2.75) is 42.9 Å². The van der Waals surface area contributed by atoms with Crippen molar-refractivity contribution in [3.63, 3.8) is 0 Å². The van der Waals surface area contributed by atoms with Gasteiger partial charge in [-0.1, -0.05) is 59.1 Å². The number of alkyl halides is 1. The molecule has 1 atom stereocenters. The summed E-state index contributed by atoms with van der Waals surface area (Å²) in [6, 6.07) is 21.7. The Labute approximate surface area is 305 Å². The quantitative estimate of drug-likeness (QED) is 0.122. The molecule has 17 heteroatoms. The van der Waals surface area contributed by atoms with Gasteiger partial charge in [0, 0.05) is 46.4 Å². The number of hydrogen-bond donors (Lipinski definition) is 2. The van der Waals surface area contributed by atoms with E-state index in [0.29, 0.717) is 43.4 Å². The predicted octanol–water partition coefficient (Wildman–Crippen LogP) is 6.38. The van der Waals surface area contributed by atoms with E-state index < -0.39 is 10.5 Å². The van der Waals surface area contributed by atoms with E-state index in [9.17, 15) is 9.90 Å². The van der Waals surface area contributed by atoms with E-state index in [1.807, 2.05) is 36.4 Å². The second-order valence-electron chi connectivity index (χ2n) is 11.4. The van der Waals surface area contributed by atoms with Crippen molar-refractivity contribution in [3.8, 4) is 17.3 Å². The summed E-state index contributed by atoms with van der Waals surface area (Å²) in [7, 11) is 1.52. The van der Waals surface area contributed by atoms with Gasteiger partial charge >= 0.3 is 5.69 Å². The second-order valence-corrected chi connectivity index (χ2v) is 13.8. The zero-order valence-electron chi connectivity index (χ0n) is 25.9. The van der Waals surface area contributed by atoms with E-state index in [1.165, 1.54) is 18.1 Å². The highest BCUT2D eigenvalue weighted by Crippen LogP contribution is 2.53. The van der Waals surface area contributed by atoms with Crippen LogP contribution in [0.15, 0.2) is 90.1 Å². The molecule has 2 N–H and O–H groups in total. The SMILES string of the molecule is Cn1nnn(-c2cccc(Cl)c2COc2ccn(-c3ccc(Cl)cc3)n2)c1=O.OC(Cc1ccccc1Cl)(Cn1[nH]cnc1=S)C1(Cl)CC1. The monoisotopic (exact) mass is 759 g/mol. The van der Waals surface area contributed by atoms with Gasteiger partial charge in [-0.05, 0) is 83.5 Å². The van der Waals surface area contributed by atoms with Crippen LogP contribution in [-0.2, 0) is 26.6 Å². The lowest BCUT2D eigenvalue weighted by molar-refractivity contribution is 0.00728. The number of ether oxygens (including phenoxy) is 1. The van der Waals surface area contributed by atoms with Crippen molar-refractivity contribution >= 4 is 58.6 Å². The smallest absolute Gasteiger partial charge is 0.368 e. The van der Waals surface area contributed by atoms with E-state index in [-0.39, 0.29) is 18.8 Å². The summed E-state index contributed by atoms with van der Waals surface area (Å²) in [6.45, 7) is 0.371. The summed E-state index contributed by atoms with van der Waals surface area (Å²) >= 11 is 30.1. The van der Waals surface area contributed by atoms with Crippen molar-refractivity contribution in [3.05, 3.63) is 127 Å². The van der Waals surface area contributed by atoms with Crippen LogP contribution in [0.3, 0.4) is 0 Å². The summed E-state index contributed by atoms with van der Waals surface area (Å²) in [6.07, 6.45) is 5.20. The lowest BCUT2D eigenvalue weighted by atomic mass is 9.89. The van der Waals surface area contributed by atoms with E-state index in [1.54, 1.807) is 52.0 Å². The van der Waals surface area contributed by atoms with E-state index in [0.717, 1.165) is 28.8 Å². The lowest BCUT2D eigenvalue weighted by Crippen LogP contribution is -2.47. The third-order valence-electron chi connectivity index (χ3n) is 8.07. The Bertz CT molecular complexity index is 2190. The number of tetrazole rings is 1. The highest BCUT2D eigenvalue weighted by molar-refractivity contribution is 7.71. The Kier molecular flexibility index (Phi) is 10.3. The van der Waals surface area contributed by atoms with Crippen LogP contribution in [0.4, 0.5) is 0 Å². The highest BCUT2D eigenvalue weighted by atomic mass is 35.5. The van der Waals surface area contributed by atoms with Crippen LogP contribution >= 0.6 is 58.6 Å². The van der Waals surface area contributed by atoms with Crippen molar-refractivity contribution in [1.82, 2.24) is 44.3 Å². The van der Waals surface area contributed by atoms with Gasteiger partial charge < -0.3 is 9.84 Å². The molecule has 254 valence electrons. The van der Waals surface area contributed by atoms with Crippen LogP contribution in [-0.4, -0.2) is 59.9 Å². The molecule has 1 aliphatic rings. The number of rotatable bonds is 10. The number of benzene rings is 3.